The molecule has 1 aliphatic rings. The summed E-state index contributed by atoms with van der Waals surface area (Å²) in [6.45, 7) is 3.69. The van der Waals surface area contributed by atoms with Crippen molar-refractivity contribution >= 4 is 29.2 Å². The quantitative estimate of drug-likeness (QED) is 0.347. The average molecular weight is 474 g/mol. The number of rotatable bonds is 12. The molecule has 1 aliphatic carbocycles. The van der Waals surface area contributed by atoms with Crippen LogP contribution in [0, 0.1) is 0 Å². The molecule has 8 heteroatoms. The molecule has 0 unspecified atom stereocenters. The summed E-state index contributed by atoms with van der Waals surface area (Å²) in [5.41, 5.74) is 1.47. The summed E-state index contributed by atoms with van der Waals surface area (Å²) < 4.78 is 10.9. The van der Waals surface area contributed by atoms with E-state index >= 15 is 0 Å². The van der Waals surface area contributed by atoms with Crippen LogP contribution in [0.15, 0.2) is 42.7 Å². The highest BCUT2D eigenvalue weighted by atomic mass is 35.5. The molecule has 1 fully saturated rings. The molecule has 1 N–H and O–H groups in total. The molecule has 0 atom stereocenters. The van der Waals surface area contributed by atoms with Crippen LogP contribution in [-0.2, 0) is 9.53 Å². The number of anilines is 1. The number of carbonyl (C=O) groups is 2. The molecule has 7 nitrogen and oxygen atoms in total. The second-order valence-electron chi connectivity index (χ2n) is 8.03. The average Bonchev–Trinajstić information content (AvgIpc) is 3.34. The summed E-state index contributed by atoms with van der Waals surface area (Å²) in [5, 5.41) is 3.71. The molecule has 1 aromatic carbocycles. The maximum Gasteiger partial charge on any atom is 0.305 e. The van der Waals surface area contributed by atoms with Crippen molar-refractivity contribution in [3.63, 3.8) is 0 Å². The monoisotopic (exact) mass is 473 g/mol. The van der Waals surface area contributed by atoms with E-state index in [9.17, 15) is 9.59 Å². The number of carbonyl (C=O) groups excluding carboxylic acids is 2. The second-order valence-corrected chi connectivity index (χ2v) is 8.47. The number of hydrogen-bond donors (Lipinski definition) is 1. The van der Waals surface area contributed by atoms with Gasteiger partial charge in [-0.05, 0) is 56.5 Å². The van der Waals surface area contributed by atoms with Gasteiger partial charge in [0.25, 0.3) is 5.91 Å². The Morgan fingerprint density at radius 1 is 1.18 bits per heavy atom. The molecular formula is C25H32ClN3O4. The fourth-order valence-electron chi connectivity index (χ4n) is 4.06. The third-order valence-corrected chi connectivity index (χ3v) is 5.83. The highest BCUT2D eigenvalue weighted by molar-refractivity contribution is 6.31. The van der Waals surface area contributed by atoms with E-state index in [1.165, 1.54) is 0 Å². The van der Waals surface area contributed by atoms with Crippen LogP contribution in [0.4, 0.5) is 5.69 Å². The lowest BCUT2D eigenvalue weighted by atomic mass is 10.1. The van der Waals surface area contributed by atoms with E-state index in [0.717, 1.165) is 31.4 Å². The molecule has 1 heterocycles. The predicted molar refractivity (Wildman–Crippen MR) is 129 cm³/mol. The van der Waals surface area contributed by atoms with Gasteiger partial charge in [-0.2, -0.15) is 0 Å². The predicted octanol–water partition coefficient (Wildman–Crippen LogP) is 4.95. The van der Waals surface area contributed by atoms with Crippen LogP contribution in [0.2, 0.25) is 5.02 Å². The molecule has 178 valence electrons. The van der Waals surface area contributed by atoms with E-state index in [1.807, 2.05) is 17.0 Å². The van der Waals surface area contributed by atoms with Crippen LogP contribution >= 0.6 is 11.6 Å². The van der Waals surface area contributed by atoms with Crippen LogP contribution < -0.4 is 10.1 Å². The maximum atomic E-state index is 13.4. The fraction of sp³-hybridized carbons (Fsp3) is 0.480. The third-order valence-electron chi connectivity index (χ3n) is 5.61. The lowest BCUT2D eigenvalue weighted by Crippen LogP contribution is -2.39. The number of esters is 1. The van der Waals surface area contributed by atoms with Crippen LogP contribution in [0.1, 0.15) is 55.8 Å². The molecule has 1 amide bonds. The Hall–Kier alpha value is -2.80. The minimum Gasteiger partial charge on any atom is -0.492 e. The van der Waals surface area contributed by atoms with E-state index < -0.39 is 0 Å². The maximum absolute atomic E-state index is 13.4. The Morgan fingerprint density at radius 2 is 1.94 bits per heavy atom. The highest BCUT2D eigenvalue weighted by Gasteiger charge is 2.28. The van der Waals surface area contributed by atoms with Gasteiger partial charge in [0, 0.05) is 54.2 Å². The summed E-state index contributed by atoms with van der Waals surface area (Å²) >= 11 is 6.31. The van der Waals surface area contributed by atoms with Crippen LogP contribution in [0.5, 0.6) is 5.75 Å². The van der Waals surface area contributed by atoms with E-state index in [0.29, 0.717) is 55.5 Å². The van der Waals surface area contributed by atoms with Crippen molar-refractivity contribution in [2.45, 2.75) is 51.5 Å². The molecule has 0 spiro atoms. The molecule has 1 saturated carbocycles. The number of halogens is 1. The Balaban J connectivity index is 1.61. The van der Waals surface area contributed by atoms with Crippen molar-refractivity contribution in [1.29, 1.82) is 0 Å². The molecule has 1 aromatic heterocycles. The lowest BCUT2D eigenvalue weighted by molar-refractivity contribution is -0.143. The second kappa shape index (κ2) is 13.0. The first kappa shape index (κ1) is 24.8. The molecular weight excluding hydrogens is 442 g/mol. The lowest BCUT2D eigenvalue weighted by Gasteiger charge is -2.29. The Morgan fingerprint density at radius 3 is 2.67 bits per heavy atom. The first-order valence-electron chi connectivity index (χ1n) is 11.6. The smallest absolute Gasteiger partial charge is 0.305 e. The molecule has 0 radical (unpaired) electrons. The number of amides is 1. The van der Waals surface area contributed by atoms with Gasteiger partial charge in [0.05, 0.1) is 6.61 Å². The summed E-state index contributed by atoms with van der Waals surface area (Å²) in [7, 11) is 0. The first-order chi connectivity index (χ1) is 16.1. The minimum atomic E-state index is -0.227. The van der Waals surface area contributed by atoms with Crippen molar-refractivity contribution in [3.8, 4) is 5.75 Å². The van der Waals surface area contributed by atoms with Gasteiger partial charge in [-0.3, -0.25) is 14.6 Å². The Bertz CT molecular complexity index is 904. The van der Waals surface area contributed by atoms with Gasteiger partial charge in [-0.1, -0.05) is 24.4 Å². The zero-order valence-corrected chi connectivity index (χ0v) is 19.9. The molecule has 2 aromatic rings. The van der Waals surface area contributed by atoms with Gasteiger partial charge in [0.15, 0.2) is 0 Å². The van der Waals surface area contributed by atoms with Crippen LogP contribution in [-0.4, -0.2) is 54.1 Å². The number of ether oxygens (including phenoxy) is 2. The van der Waals surface area contributed by atoms with Crippen molar-refractivity contribution in [2.24, 2.45) is 0 Å². The summed E-state index contributed by atoms with van der Waals surface area (Å²) in [6, 6.07) is 9.09. The summed E-state index contributed by atoms with van der Waals surface area (Å²) in [6.07, 6.45) is 8.51. The van der Waals surface area contributed by atoms with E-state index in [-0.39, 0.29) is 17.9 Å². The van der Waals surface area contributed by atoms with Crippen molar-refractivity contribution in [3.05, 3.63) is 53.3 Å². The van der Waals surface area contributed by atoms with Gasteiger partial charge < -0.3 is 19.7 Å². The molecule has 33 heavy (non-hydrogen) atoms. The Labute approximate surface area is 200 Å². The fourth-order valence-corrected chi connectivity index (χ4v) is 4.29. The minimum absolute atomic E-state index is 0.0759. The van der Waals surface area contributed by atoms with E-state index in [2.05, 4.69) is 10.3 Å². The molecule has 0 saturated heterocycles. The number of nitrogens with one attached hydrogen (secondary N) is 1. The van der Waals surface area contributed by atoms with Crippen molar-refractivity contribution in [1.82, 2.24) is 9.88 Å². The number of aromatic nitrogens is 1. The number of hydrogen-bond acceptors (Lipinski definition) is 6. The van der Waals surface area contributed by atoms with Crippen LogP contribution in [0.25, 0.3) is 0 Å². The van der Waals surface area contributed by atoms with Gasteiger partial charge in [0.2, 0.25) is 0 Å². The standard InChI is InChI=1S/C25H32ClN3O4/c1-2-32-24(30)8-5-14-29(22-6-3-4-7-22)25(31)19-16-20(26)18-23(17-19)33-15-13-28-21-9-11-27-12-10-21/h9-12,16-18,22H,2-8,13-15H2,1H3,(H,27,28). The molecule has 3 rings (SSSR count). The van der Waals surface area contributed by atoms with Crippen LogP contribution in [0.3, 0.4) is 0 Å². The van der Waals surface area contributed by atoms with Crippen molar-refractivity contribution in [2.75, 3.05) is 31.6 Å². The third kappa shape index (κ3) is 7.93. The molecule has 0 aliphatic heterocycles. The SMILES string of the molecule is CCOC(=O)CCCN(C(=O)c1cc(Cl)cc(OCCNc2ccncc2)c1)C1CCCC1. The molecule has 0 bridgehead atoms. The number of benzene rings is 1. The highest BCUT2D eigenvalue weighted by Crippen LogP contribution is 2.28. The largest absolute Gasteiger partial charge is 0.492 e. The van der Waals surface area contributed by atoms with E-state index in [1.54, 1.807) is 37.5 Å². The van der Waals surface area contributed by atoms with Crippen molar-refractivity contribution < 1.29 is 19.1 Å². The van der Waals surface area contributed by atoms with Gasteiger partial charge in [0.1, 0.15) is 12.4 Å². The zero-order valence-electron chi connectivity index (χ0n) is 19.1. The summed E-state index contributed by atoms with van der Waals surface area (Å²) in [4.78, 5) is 31.0. The normalized spacial score (nSPS) is 13.5. The van der Waals surface area contributed by atoms with Gasteiger partial charge in [-0.25, -0.2) is 0 Å². The van der Waals surface area contributed by atoms with E-state index in [4.69, 9.17) is 21.1 Å². The first-order valence-corrected chi connectivity index (χ1v) is 12.0. The Kier molecular flexibility index (Phi) is 9.81. The summed E-state index contributed by atoms with van der Waals surface area (Å²) in [5.74, 6) is 0.253. The number of pyridine rings is 1. The van der Waals surface area contributed by atoms with Gasteiger partial charge in [-0.15, -0.1) is 0 Å². The topological polar surface area (TPSA) is 80.8 Å². The number of nitrogens with zero attached hydrogens (tertiary/aromatic N) is 2. The van der Waals surface area contributed by atoms with Gasteiger partial charge >= 0.3 is 5.97 Å². The zero-order chi connectivity index (χ0) is 23.5.